The number of halogens is 2. The van der Waals surface area contributed by atoms with Crippen LogP contribution < -0.4 is 4.74 Å². The van der Waals surface area contributed by atoms with E-state index in [1.807, 2.05) is 12.1 Å². The Kier molecular flexibility index (Phi) is 4.72. The summed E-state index contributed by atoms with van der Waals surface area (Å²) in [7, 11) is -0.158. The van der Waals surface area contributed by atoms with Crippen LogP contribution in [-0.4, -0.2) is 0 Å². The molecule has 4 aromatic carbocycles. The topological polar surface area (TPSA) is 9.23 Å². The Morgan fingerprint density at radius 2 is 1.23 bits per heavy atom. The minimum absolute atomic E-state index is 0.158. The first kappa shape index (κ1) is 18.8. The first-order chi connectivity index (χ1) is 14.6. The number of fused-ring (bicyclic) bond motifs is 3. The lowest BCUT2D eigenvalue weighted by molar-refractivity contribution is 0.226. The highest BCUT2D eigenvalue weighted by molar-refractivity contribution is 7.50. The molecule has 0 aliphatic carbocycles. The maximum atomic E-state index is 13.5. The molecule has 0 saturated heterocycles. The average Bonchev–Trinajstić information content (AvgIpc) is 3.08. The van der Waals surface area contributed by atoms with Crippen LogP contribution in [0.4, 0.5) is 8.78 Å². The third-order valence-electron chi connectivity index (χ3n) is 5.23. The molecule has 0 N–H and O–H groups in total. The quantitative estimate of drug-likeness (QED) is 0.268. The molecule has 1 aromatic heterocycles. The van der Waals surface area contributed by atoms with Gasteiger partial charge in [0, 0.05) is 39.4 Å². The van der Waals surface area contributed by atoms with Gasteiger partial charge >= 0.3 is 0 Å². The van der Waals surface area contributed by atoms with Gasteiger partial charge in [-0.3, -0.25) is 0 Å². The molecule has 0 aliphatic rings. The van der Waals surface area contributed by atoms with Crippen LogP contribution in [0, 0.1) is 11.6 Å². The molecule has 0 radical (unpaired) electrons. The number of benzene rings is 4. The first-order valence-corrected chi connectivity index (χ1v) is 11.0. The van der Waals surface area contributed by atoms with E-state index in [9.17, 15) is 8.78 Å². The highest BCUT2D eigenvalue weighted by atomic mass is 32.2. The zero-order valence-corrected chi connectivity index (χ0v) is 17.1. The van der Waals surface area contributed by atoms with E-state index in [0.717, 1.165) is 6.07 Å². The molecule has 30 heavy (non-hydrogen) atoms. The van der Waals surface area contributed by atoms with E-state index in [-0.39, 0.29) is 10.5 Å². The SMILES string of the molecule is CC(Oc1ccc(-[s+]2c3ccccc3c3ccccc32)cc1)c1cc(F)cc(F)c1. The molecule has 0 bridgehead atoms. The van der Waals surface area contributed by atoms with Gasteiger partial charge in [-0.05, 0) is 61.0 Å². The maximum absolute atomic E-state index is 13.5. The fourth-order valence-electron chi connectivity index (χ4n) is 3.84. The summed E-state index contributed by atoms with van der Waals surface area (Å²) in [5.74, 6) is -0.536. The Hall–Kier alpha value is -3.24. The number of hydrogen-bond donors (Lipinski definition) is 0. The fraction of sp³-hybridized carbons (Fsp3) is 0.0769. The van der Waals surface area contributed by atoms with Crippen molar-refractivity contribution in [1.29, 1.82) is 0 Å². The van der Waals surface area contributed by atoms with Crippen molar-refractivity contribution in [2.45, 2.75) is 13.0 Å². The maximum Gasteiger partial charge on any atom is 0.187 e. The molecular formula is C26H19F2OS+. The van der Waals surface area contributed by atoms with Crippen molar-refractivity contribution >= 4 is 30.6 Å². The smallest absolute Gasteiger partial charge is 0.187 e. The van der Waals surface area contributed by atoms with Gasteiger partial charge in [-0.15, -0.1) is 0 Å². The third kappa shape index (κ3) is 3.33. The van der Waals surface area contributed by atoms with Crippen LogP contribution in [0.1, 0.15) is 18.6 Å². The van der Waals surface area contributed by atoms with Gasteiger partial charge in [0.2, 0.25) is 0 Å². The number of rotatable bonds is 4. The van der Waals surface area contributed by atoms with Crippen molar-refractivity contribution in [1.82, 2.24) is 0 Å². The monoisotopic (exact) mass is 417 g/mol. The van der Waals surface area contributed by atoms with E-state index in [1.165, 1.54) is 37.2 Å². The largest absolute Gasteiger partial charge is 0.486 e. The molecule has 1 nitrogen and oxygen atoms in total. The lowest BCUT2D eigenvalue weighted by atomic mass is 10.1. The molecule has 1 heterocycles. The third-order valence-corrected chi connectivity index (χ3v) is 7.57. The van der Waals surface area contributed by atoms with Crippen molar-refractivity contribution in [2.75, 3.05) is 0 Å². The Bertz CT molecular complexity index is 1280. The van der Waals surface area contributed by atoms with E-state index in [2.05, 4.69) is 60.7 Å². The molecule has 1 unspecified atom stereocenters. The van der Waals surface area contributed by atoms with Gasteiger partial charge in [-0.1, -0.05) is 24.3 Å². The zero-order chi connectivity index (χ0) is 20.7. The molecule has 0 fully saturated rings. The lowest BCUT2D eigenvalue weighted by Gasteiger charge is -2.15. The predicted octanol–water partition coefficient (Wildman–Crippen LogP) is 8.15. The molecule has 0 saturated carbocycles. The summed E-state index contributed by atoms with van der Waals surface area (Å²) in [5.41, 5.74) is 0.470. The summed E-state index contributed by atoms with van der Waals surface area (Å²) < 4.78 is 35.6. The summed E-state index contributed by atoms with van der Waals surface area (Å²) in [6.45, 7) is 1.79. The molecule has 0 amide bonds. The van der Waals surface area contributed by atoms with Crippen molar-refractivity contribution < 1.29 is 13.5 Å². The molecule has 0 spiro atoms. The van der Waals surface area contributed by atoms with Gasteiger partial charge in [0.05, 0.1) is 0 Å². The van der Waals surface area contributed by atoms with Gasteiger partial charge in [0.1, 0.15) is 23.5 Å². The lowest BCUT2D eigenvalue weighted by Crippen LogP contribution is -2.04. The second-order valence-corrected chi connectivity index (χ2v) is 9.20. The minimum atomic E-state index is -0.601. The highest BCUT2D eigenvalue weighted by Gasteiger charge is 2.23. The molecule has 5 rings (SSSR count). The summed E-state index contributed by atoms with van der Waals surface area (Å²) in [6, 6.07) is 28.6. The Balaban J connectivity index is 1.50. The van der Waals surface area contributed by atoms with Crippen LogP contribution >= 0.6 is 10.5 Å². The average molecular weight is 418 g/mol. The predicted molar refractivity (Wildman–Crippen MR) is 121 cm³/mol. The van der Waals surface area contributed by atoms with E-state index < -0.39 is 17.7 Å². The number of ether oxygens (including phenoxy) is 1. The van der Waals surface area contributed by atoms with Crippen LogP contribution in [0.15, 0.2) is 91.0 Å². The Morgan fingerprint density at radius 1 is 0.700 bits per heavy atom. The van der Waals surface area contributed by atoms with E-state index in [0.29, 0.717) is 11.3 Å². The summed E-state index contributed by atoms with van der Waals surface area (Å²) in [5, 5.41) is 2.58. The van der Waals surface area contributed by atoms with Crippen LogP contribution in [0.25, 0.3) is 25.1 Å². The molecule has 4 heteroatoms. The highest BCUT2D eigenvalue weighted by Crippen LogP contribution is 2.48. The second kappa shape index (κ2) is 7.54. The van der Waals surface area contributed by atoms with Crippen LogP contribution in [-0.2, 0) is 0 Å². The van der Waals surface area contributed by atoms with E-state index >= 15 is 0 Å². The Labute approximate surface area is 176 Å². The van der Waals surface area contributed by atoms with Crippen molar-refractivity contribution in [3.05, 3.63) is 108 Å². The number of hydrogen-bond acceptors (Lipinski definition) is 1. The van der Waals surface area contributed by atoms with Crippen LogP contribution in [0.5, 0.6) is 5.75 Å². The van der Waals surface area contributed by atoms with Gasteiger partial charge in [-0.25, -0.2) is 8.78 Å². The minimum Gasteiger partial charge on any atom is -0.486 e. The molecule has 5 aromatic rings. The van der Waals surface area contributed by atoms with Gasteiger partial charge < -0.3 is 4.74 Å². The van der Waals surface area contributed by atoms with Gasteiger partial charge in [0.25, 0.3) is 0 Å². The molecule has 0 aliphatic heterocycles. The normalized spacial score (nSPS) is 12.4. The molecule has 148 valence electrons. The summed E-state index contributed by atoms with van der Waals surface area (Å²) >= 11 is 0. The second-order valence-electron chi connectivity index (χ2n) is 7.23. The molecule has 1 atom stereocenters. The van der Waals surface area contributed by atoms with E-state index in [4.69, 9.17) is 4.74 Å². The number of thiophene rings is 1. The summed E-state index contributed by atoms with van der Waals surface area (Å²) in [4.78, 5) is 1.21. The van der Waals surface area contributed by atoms with Crippen molar-refractivity contribution in [2.24, 2.45) is 0 Å². The van der Waals surface area contributed by atoms with Crippen LogP contribution in [0.2, 0.25) is 0 Å². The van der Waals surface area contributed by atoms with Crippen molar-refractivity contribution in [3.8, 4) is 10.6 Å². The van der Waals surface area contributed by atoms with Crippen molar-refractivity contribution in [3.63, 3.8) is 0 Å². The summed E-state index contributed by atoms with van der Waals surface area (Å²) in [6.07, 6.45) is -0.462. The Morgan fingerprint density at radius 3 is 1.80 bits per heavy atom. The fourth-order valence-corrected chi connectivity index (χ4v) is 6.22. The van der Waals surface area contributed by atoms with E-state index in [1.54, 1.807) is 6.92 Å². The van der Waals surface area contributed by atoms with Gasteiger partial charge in [0.15, 0.2) is 14.3 Å². The standard InChI is InChI=1S/C26H19F2OS/c1-17(18-14-19(27)16-20(28)15-18)29-21-10-12-22(13-11-21)30-25-8-4-2-6-23(25)24-7-3-5-9-26(24)30/h2-17H,1H3/q+1. The first-order valence-electron chi connectivity index (χ1n) is 9.75. The van der Waals surface area contributed by atoms with Gasteiger partial charge in [-0.2, -0.15) is 0 Å². The van der Waals surface area contributed by atoms with Crippen LogP contribution in [0.3, 0.4) is 0 Å². The zero-order valence-electron chi connectivity index (χ0n) is 16.3. The molecular weight excluding hydrogens is 398 g/mol.